The zero-order valence-corrected chi connectivity index (χ0v) is 18.1. The normalized spacial score (nSPS) is 16.0. The van der Waals surface area contributed by atoms with Crippen LogP contribution in [-0.2, 0) is 11.3 Å². The highest BCUT2D eigenvalue weighted by Gasteiger charge is 2.26. The number of aromatic hydroxyl groups is 1. The molecule has 6 heteroatoms. The second kappa shape index (κ2) is 8.98. The van der Waals surface area contributed by atoms with Crippen LogP contribution >= 0.6 is 11.3 Å². The number of aromatic nitrogens is 1. The molecule has 1 amide bonds. The van der Waals surface area contributed by atoms with Gasteiger partial charge in [-0.15, -0.1) is 11.3 Å². The molecule has 1 aliphatic rings. The molecular weight excluding hydrogens is 396 g/mol. The first kappa shape index (κ1) is 20.6. The monoisotopic (exact) mass is 422 g/mol. The lowest BCUT2D eigenvalue weighted by molar-refractivity contribution is 0.0509. The van der Waals surface area contributed by atoms with Gasteiger partial charge in [-0.05, 0) is 38.3 Å². The molecule has 0 saturated carbocycles. The maximum Gasteiger partial charge on any atom is 0.265 e. The Balaban J connectivity index is 1.59. The van der Waals surface area contributed by atoms with E-state index in [4.69, 9.17) is 4.74 Å². The number of nitrogens with zero attached hydrogens (tertiary/aromatic N) is 2. The molecule has 4 rings (SSSR count). The Morgan fingerprint density at radius 3 is 2.83 bits per heavy atom. The predicted octanol–water partition coefficient (Wildman–Crippen LogP) is 4.95. The van der Waals surface area contributed by atoms with Crippen LogP contribution in [0.2, 0.25) is 0 Å². The number of carbonyl (C=O) groups is 1. The van der Waals surface area contributed by atoms with Crippen molar-refractivity contribution < 1.29 is 14.6 Å². The van der Waals surface area contributed by atoms with E-state index in [1.165, 1.54) is 16.9 Å². The zero-order valence-electron chi connectivity index (χ0n) is 17.3. The van der Waals surface area contributed by atoms with Crippen molar-refractivity contribution in [3.63, 3.8) is 0 Å². The van der Waals surface area contributed by atoms with Gasteiger partial charge in [0.15, 0.2) is 0 Å². The van der Waals surface area contributed by atoms with Crippen molar-refractivity contribution in [3.8, 4) is 16.3 Å². The number of rotatable bonds is 6. The molecule has 3 aromatic rings. The first-order chi connectivity index (χ1) is 14.5. The van der Waals surface area contributed by atoms with E-state index in [2.05, 4.69) is 37.0 Å². The summed E-state index contributed by atoms with van der Waals surface area (Å²) < 4.78 is 5.77. The Bertz CT molecular complexity index is 1040. The third-order valence-electron chi connectivity index (χ3n) is 5.42. The molecule has 1 unspecified atom stereocenters. The van der Waals surface area contributed by atoms with Crippen LogP contribution in [0.25, 0.3) is 10.6 Å². The summed E-state index contributed by atoms with van der Waals surface area (Å²) in [5.74, 6) is 0.116. The van der Waals surface area contributed by atoms with Gasteiger partial charge >= 0.3 is 0 Å². The fraction of sp³-hybridized carbons (Fsp3) is 0.333. The van der Waals surface area contributed by atoms with Crippen molar-refractivity contribution >= 4 is 17.2 Å². The molecule has 1 atom stereocenters. The van der Waals surface area contributed by atoms with Crippen molar-refractivity contribution in [1.82, 2.24) is 9.88 Å². The van der Waals surface area contributed by atoms with Gasteiger partial charge < -0.3 is 14.7 Å². The van der Waals surface area contributed by atoms with Gasteiger partial charge in [-0.2, -0.15) is 0 Å². The molecule has 0 aliphatic carbocycles. The lowest BCUT2D eigenvalue weighted by atomic mass is 10.1. The van der Waals surface area contributed by atoms with E-state index in [1.54, 1.807) is 23.2 Å². The second-order valence-electron chi connectivity index (χ2n) is 7.80. The highest BCUT2D eigenvalue weighted by Crippen LogP contribution is 2.30. The van der Waals surface area contributed by atoms with E-state index in [-0.39, 0.29) is 17.8 Å². The fourth-order valence-corrected chi connectivity index (χ4v) is 4.78. The summed E-state index contributed by atoms with van der Waals surface area (Å²) in [5.41, 5.74) is 4.13. The molecule has 2 aromatic carbocycles. The van der Waals surface area contributed by atoms with E-state index < -0.39 is 0 Å². The number of hydrogen-bond donors (Lipinski definition) is 1. The quantitative estimate of drug-likeness (QED) is 0.610. The Morgan fingerprint density at radius 1 is 1.27 bits per heavy atom. The summed E-state index contributed by atoms with van der Waals surface area (Å²) in [7, 11) is 0. The molecule has 1 aliphatic heterocycles. The number of para-hydroxylation sites is 1. The predicted molar refractivity (Wildman–Crippen MR) is 119 cm³/mol. The number of aryl methyl sites for hydroxylation is 2. The Kier molecular flexibility index (Phi) is 6.16. The molecule has 0 spiro atoms. The number of amides is 1. The standard InChI is InChI=1S/C24H26N2O3S/c1-16-9-10-20(17(2)12-16)23-25-13-22(30-23)24(28)26(15-19-7-5-11-29-19)14-18-6-3-4-8-21(18)27/h3-4,6,8-10,12-13,19,27H,5,7,11,14-15H2,1-2H3. The first-order valence-electron chi connectivity index (χ1n) is 10.2. The van der Waals surface area contributed by atoms with Crippen LogP contribution in [0.15, 0.2) is 48.7 Å². The molecule has 1 saturated heterocycles. The van der Waals surface area contributed by atoms with Crippen molar-refractivity contribution in [2.45, 2.75) is 39.3 Å². The molecule has 0 bridgehead atoms. The average Bonchev–Trinajstić information content (AvgIpc) is 3.41. The zero-order chi connectivity index (χ0) is 21.1. The van der Waals surface area contributed by atoms with Crippen molar-refractivity contribution in [2.75, 3.05) is 13.2 Å². The molecule has 1 aromatic heterocycles. The van der Waals surface area contributed by atoms with Gasteiger partial charge in [0.2, 0.25) is 0 Å². The summed E-state index contributed by atoms with van der Waals surface area (Å²) in [5, 5.41) is 11.0. The average molecular weight is 423 g/mol. The minimum Gasteiger partial charge on any atom is -0.508 e. The molecular formula is C24H26N2O3S. The molecule has 30 heavy (non-hydrogen) atoms. The summed E-state index contributed by atoms with van der Waals surface area (Å²) in [6.07, 6.45) is 3.66. The second-order valence-corrected chi connectivity index (χ2v) is 8.83. The minimum absolute atomic E-state index is 0.0338. The van der Waals surface area contributed by atoms with Crippen LogP contribution in [0, 0.1) is 13.8 Å². The van der Waals surface area contributed by atoms with E-state index in [0.717, 1.165) is 41.1 Å². The van der Waals surface area contributed by atoms with Gasteiger partial charge in [0.1, 0.15) is 15.6 Å². The third kappa shape index (κ3) is 4.55. The highest BCUT2D eigenvalue weighted by atomic mass is 32.1. The number of thiazole rings is 1. The number of phenolic OH excluding ortho intramolecular Hbond substituents is 1. The summed E-state index contributed by atoms with van der Waals surface area (Å²) in [6, 6.07) is 13.4. The van der Waals surface area contributed by atoms with Crippen LogP contribution < -0.4 is 0 Å². The number of benzene rings is 2. The Labute approximate surface area is 181 Å². The van der Waals surface area contributed by atoms with Gasteiger partial charge in [-0.25, -0.2) is 4.98 Å². The summed E-state index contributed by atoms with van der Waals surface area (Å²) >= 11 is 1.41. The van der Waals surface area contributed by atoms with Crippen molar-refractivity contribution in [3.05, 3.63) is 70.2 Å². The number of phenols is 1. The topological polar surface area (TPSA) is 62.7 Å². The van der Waals surface area contributed by atoms with E-state index >= 15 is 0 Å². The van der Waals surface area contributed by atoms with Gasteiger partial charge in [0.25, 0.3) is 5.91 Å². The smallest absolute Gasteiger partial charge is 0.265 e. The van der Waals surface area contributed by atoms with Crippen LogP contribution in [0.4, 0.5) is 0 Å². The van der Waals surface area contributed by atoms with Crippen molar-refractivity contribution in [1.29, 1.82) is 0 Å². The molecule has 2 heterocycles. The third-order valence-corrected chi connectivity index (χ3v) is 6.44. The summed E-state index contributed by atoms with van der Waals surface area (Å²) in [6.45, 7) is 5.70. The number of carbonyl (C=O) groups excluding carboxylic acids is 1. The summed E-state index contributed by atoms with van der Waals surface area (Å²) in [4.78, 5) is 20.3. The number of hydrogen-bond acceptors (Lipinski definition) is 5. The number of ether oxygens (including phenoxy) is 1. The van der Waals surface area contributed by atoms with Crippen molar-refractivity contribution in [2.24, 2.45) is 0 Å². The van der Waals surface area contributed by atoms with E-state index in [9.17, 15) is 9.90 Å². The van der Waals surface area contributed by atoms with E-state index in [1.807, 2.05) is 12.1 Å². The van der Waals surface area contributed by atoms with Crippen LogP contribution in [0.3, 0.4) is 0 Å². The molecule has 0 radical (unpaired) electrons. The molecule has 1 fully saturated rings. The highest BCUT2D eigenvalue weighted by molar-refractivity contribution is 7.16. The largest absolute Gasteiger partial charge is 0.508 e. The molecule has 156 valence electrons. The van der Waals surface area contributed by atoms with Gasteiger partial charge in [-0.3, -0.25) is 4.79 Å². The van der Waals surface area contributed by atoms with Crippen LogP contribution in [0.1, 0.15) is 39.2 Å². The SMILES string of the molecule is Cc1ccc(-c2ncc(C(=O)N(Cc3ccccc3O)CC3CCCO3)s2)c(C)c1. The van der Waals surface area contributed by atoms with E-state index in [0.29, 0.717) is 18.0 Å². The van der Waals surface area contributed by atoms with Gasteiger partial charge in [0, 0.05) is 30.8 Å². The lowest BCUT2D eigenvalue weighted by Crippen LogP contribution is -2.36. The maximum atomic E-state index is 13.4. The van der Waals surface area contributed by atoms with Gasteiger partial charge in [-0.1, -0.05) is 42.0 Å². The van der Waals surface area contributed by atoms with Crippen LogP contribution in [0.5, 0.6) is 5.75 Å². The molecule has 1 N–H and O–H groups in total. The van der Waals surface area contributed by atoms with Crippen LogP contribution in [-0.4, -0.2) is 40.2 Å². The fourth-order valence-electron chi connectivity index (χ4n) is 3.81. The maximum absolute atomic E-state index is 13.4. The Morgan fingerprint density at radius 2 is 2.10 bits per heavy atom. The Hall–Kier alpha value is -2.70. The molecule has 5 nitrogen and oxygen atoms in total. The minimum atomic E-state index is -0.0812. The van der Waals surface area contributed by atoms with Gasteiger partial charge in [0.05, 0.1) is 12.3 Å². The lowest BCUT2D eigenvalue weighted by Gasteiger charge is -2.25. The first-order valence-corrected chi connectivity index (χ1v) is 11.0.